The van der Waals surface area contributed by atoms with Crippen molar-refractivity contribution in [3.63, 3.8) is 0 Å². The van der Waals surface area contributed by atoms with Gasteiger partial charge >= 0.3 is 0 Å². The smallest absolute Gasteiger partial charge is 0.224 e. The third-order valence-corrected chi connectivity index (χ3v) is 3.04. The molecule has 0 aliphatic carbocycles. The molecule has 1 rings (SSSR count). The van der Waals surface area contributed by atoms with Crippen LogP contribution in [-0.4, -0.2) is 31.7 Å². The van der Waals surface area contributed by atoms with Crippen molar-refractivity contribution in [2.75, 3.05) is 19.8 Å². The van der Waals surface area contributed by atoms with Gasteiger partial charge in [-0.15, -0.1) is 0 Å². The molecular formula is C12H24N2O2. The van der Waals surface area contributed by atoms with E-state index in [2.05, 4.69) is 5.32 Å². The van der Waals surface area contributed by atoms with Crippen LogP contribution in [0.25, 0.3) is 0 Å². The number of carbonyl (C=O) groups excluding carboxylic acids is 1. The molecule has 1 amide bonds. The Kier molecular flexibility index (Phi) is 5.77. The van der Waals surface area contributed by atoms with Crippen molar-refractivity contribution in [2.24, 2.45) is 17.6 Å². The van der Waals surface area contributed by atoms with Gasteiger partial charge in [0.25, 0.3) is 0 Å². The molecule has 1 atom stereocenters. The number of hydrogen-bond donors (Lipinski definition) is 2. The van der Waals surface area contributed by atoms with E-state index in [1.54, 1.807) is 0 Å². The predicted octanol–water partition coefficient (Wildman–Crippen LogP) is 0.903. The number of hydrogen-bond acceptors (Lipinski definition) is 3. The summed E-state index contributed by atoms with van der Waals surface area (Å²) in [5, 5.41) is 2.93. The van der Waals surface area contributed by atoms with Crippen LogP contribution in [0.5, 0.6) is 0 Å². The second-order valence-electron chi connectivity index (χ2n) is 4.89. The fraction of sp³-hybridized carbons (Fsp3) is 0.917. The Balaban J connectivity index is 2.37. The quantitative estimate of drug-likeness (QED) is 0.735. The molecule has 0 bridgehead atoms. The van der Waals surface area contributed by atoms with Crippen LogP contribution in [0, 0.1) is 11.8 Å². The SMILES string of the molecule is CC(C)NC(=O)C(CN)CC1CCOCC1. The number of carbonyl (C=O) groups is 1. The Hall–Kier alpha value is -0.610. The zero-order chi connectivity index (χ0) is 12.0. The third kappa shape index (κ3) is 4.49. The topological polar surface area (TPSA) is 64.4 Å². The van der Waals surface area contributed by atoms with Crippen molar-refractivity contribution in [1.29, 1.82) is 0 Å². The van der Waals surface area contributed by atoms with E-state index in [-0.39, 0.29) is 17.9 Å². The summed E-state index contributed by atoms with van der Waals surface area (Å²) in [5.74, 6) is 0.662. The van der Waals surface area contributed by atoms with Crippen molar-refractivity contribution in [1.82, 2.24) is 5.32 Å². The Morgan fingerprint density at radius 1 is 1.44 bits per heavy atom. The molecule has 94 valence electrons. The van der Waals surface area contributed by atoms with E-state index in [1.807, 2.05) is 13.8 Å². The van der Waals surface area contributed by atoms with Crippen molar-refractivity contribution in [3.8, 4) is 0 Å². The van der Waals surface area contributed by atoms with E-state index in [1.165, 1.54) is 0 Å². The summed E-state index contributed by atoms with van der Waals surface area (Å²) >= 11 is 0. The number of ether oxygens (including phenoxy) is 1. The fourth-order valence-corrected chi connectivity index (χ4v) is 2.10. The monoisotopic (exact) mass is 228 g/mol. The minimum Gasteiger partial charge on any atom is -0.381 e. The van der Waals surface area contributed by atoms with Crippen molar-refractivity contribution >= 4 is 5.91 Å². The van der Waals surface area contributed by atoms with Crippen molar-refractivity contribution in [3.05, 3.63) is 0 Å². The molecule has 4 nitrogen and oxygen atoms in total. The first-order valence-electron chi connectivity index (χ1n) is 6.21. The van der Waals surface area contributed by atoms with Gasteiger partial charge in [-0.05, 0) is 39.0 Å². The molecule has 0 aromatic carbocycles. The normalized spacial score (nSPS) is 19.8. The molecule has 1 aliphatic rings. The second kappa shape index (κ2) is 6.86. The molecule has 1 heterocycles. The molecule has 0 radical (unpaired) electrons. The molecule has 3 N–H and O–H groups in total. The summed E-state index contributed by atoms with van der Waals surface area (Å²) in [6, 6.07) is 0.191. The number of nitrogens with one attached hydrogen (secondary N) is 1. The Labute approximate surface area is 97.9 Å². The third-order valence-electron chi connectivity index (χ3n) is 3.04. The molecular weight excluding hydrogens is 204 g/mol. The fourth-order valence-electron chi connectivity index (χ4n) is 2.10. The lowest BCUT2D eigenvalue weighted by Crippen LogP contribution is -2.40. The number of amides is 1. The minimum atomic E-state index is -0.0366. The standard InChI is InChI=1S/C12H24N2O2/c1-9(2)14-12(15)11(8-13)7-10-3-5-16-6-4-10/h9-11H,3-8,13H2,1-2H3,(H,14,15). The number of nitrogens with two attached hydrogens (primary N) is 1. The number of rotatable bonds is 5. The molecule has 0 spiro atoms. The van der Waals surface area contributed by atoms with Crippen LogP contribution in [0.15, 0.2) is 0 Å². The molecule has 0 aromatic heterocycles. The van der Waals surface area contributed by atoms with Gasteiger partial charge < -0.3 is 15.8 Å². The lowest BCUT2D eigenvalue weighted by atomic mass is 9.88. The molecule has 1 saturated heterocycles. The van der Waals surface area contributed by atoms with Gasteiger partial charge in [0.2, 0.25) is 5.91 Å². The van der Waals surface area contributed by atoms with Crippen LogP contribution >= 0.6 is 0 Å². The summed E-state index contributed by atoms with van der Waals surface area (Å²) in [4.78, 5) is 11.8. The van der Waals surface area contributed by atoms with Crippen LogP contribution in [0.3, 0.4) is 0 Å². The molecule has 1 fully saturated rings. The second-order valence-corrected chi connectivity index (χ2v) is 4.89. The van der Waals surface area contributed by atoms with Crippen molar-refractivity contribution in [2.45, 2.75) is 39.2 Å². The largest absolute Gasteiger partial charge is 0.381 e. The van der Waals surface area contributed by atoms with E-state index in [9.17, 15) is 4.79 Å². The maximum atomic E-state index is 11.8. The Morgan fingerprint density at radius 3 is 2.56 bits per heavy atom. The van der Waals surface area contributed by atoms with Crippen LogP contribution < -0.4 is 11.1 Å². The predicted molar refractivity (Wildman–Crippen MR) is 64.0 cm³/mol. The maximum Gasteiger partial charge on any atom is 0.224 e. The van der Waals surface area contributed by atoms with Crippen molar-refractivity contribution < 1.29 is 9.53 Å². The molecule has 1 aliphatic heterocycles. The summed E-state index contributed by atoms with van der Waals surface area (Å²) < 4.78 is 5.31. The summed E-state index contributed by atoms with van der Waals surface area (Å²) in [7, 11) is 0. The lowest BCUT2D eigenvalue weighted by Gasteiger charge is -2.26. The first-order valence-corrected chi connectivity index (χ1v) is 6.21. The lowest BCUT2D eigenvalue weighted by molar-refractivity contribution is -0.126. The van der Waals surface area contributed by atoms with Crippen LogP contribution in [0.4, 0.5) is 0 Å². The van der Waals surface area contributed by atoms with Crippen LogP contribution in [-0.2, 0) is 9.53 Å². The molecule has 0 saturated carbocycles. The van der Waals surface area contributed by atoms with Gasteiger partial charge in [0.05, 0.1) is 5.92 Å². The van der Waals surface area contributed by atoms with Gasteiger partial charge in [0.1, 0.15) is 0 Å². The maximum absolute atomic E-state index is 11.8. The van der Waals surface area contributed by atoms with Gasteiger partial charge in [-0.2, -0.15) is 0 Å². The highest BCUT2D eigenvalue weighted by Gasteiger charge is 2.23. The van der Waals surface area contributed by atoms with E-state index in [0.717, 1.165) is 32.5 Å². The minimum absolute atomic E-state index is 0.0366. The molecule has 0 aromatic rings. The zero-order valence-corrected chi connectivity index (χ0v) is 10.4. The summed E-state index contributed by atoms with van der Waals surface area (Å²) in [6.45, 7) is 6.04. The average Bonchev–Trinajstić information content (AvgIpc) is 2.26. The van der Waals surface area contributed by atoms with Gasteiger partial charge in [-0.25, -0.2) is 0 Å². The highest BCUT2D eigenvalue weighted by Crippen LogP contribution is 2.22. The molecule has 1 unspecified atom stereocenters. The Morgan fingerprint density at radius 2 is 2.06 bits per heavy atom. The molecule has 16 heavy (non-hydrogen) atoms. The molecule has 4 heteroatoms. The highest BCUT2D eigenvalue weighted by atomic mass is 16.5. The van der Waals surface area contributed by atoms with Gasteiger partial charge in [0, 0.05) is 25.8 Å². The summed E-state index contributed by atoms with van der Waals surface area (Å²) in [6.07, 6.45) is 3.02. The van der Waals surface area contributed by atoms with Gasteiger partial charge in [0.15, 0.2) is 0 Å². The van der Waals surface area contributed by atoms with E-state index in [4.69, 9.17) is 10.5 Å². The average molecular weight is 228 g/mol. The first kappa shape index (κ1) is 13.5. The van der Waals surface area contributed by atoms with Crippen LogP contribution in [0.2, 0.25) is 0 Å². The highest BCUT2D eigenvalue weighted by molar-refractivity contribution is 5.79. The Bertz CT molecular complexity index is 213. The van der Waals surface area contributed by atoms with Gasteiger partial charge in [-0.1, -0.05) is 0 Å². The van der Waals surface area contributed by atoms with E-state index in [0.29, 0.717) is 12.5 Å². The zero-order valence-electron chi connectivity index (χ0n) is 10.4. The summed E-state index contributed by atoms with van der Waals surface area (Å²) in [5.41, 5.74) is 5.67. The first-order chi connectivity index (χ1) is 7.63. The van der Waals surface area contributed by atoms with E-state index < -0.39 is 0 Å². The van der Waals surface area contributed by atoms with Gasteiger partial charge in [-0.3, -0.25) is 4.79 Å². The van der Waals surface area contributed by atoms with E-state index >= 15 is 0 Å². The van der Waals surface area contributed by atoms with Crippen LogP contribution in [0.1, 0.15) is 33.1 Å².